The summed E-state index contributed by atoms with van der Waals surface area (Å²) in [4.78, 5) is 56.4. The molecule has 1 unspecified atom stereocenters. The van der Waals surface area contributed by atoms with Gasteiger partial charge in [0.2, 0.25) is 5.76 Å². The Hall–Kier alpha value is -4.64. The van der Waals surface area contributed by atoms with E-state index in [-0.39, 0.29) is 44.6 Å². The summed E-state index contributed by atoms with van der Waals surface area (Å²) in [6.45, 7) is 5.11. The Labute approximate surface area is 207 Å². The third kappa shape index (κ3) is 3.66. The fourth-order valence-corrected chi connectivity index (χ4v) is 5.10. The van der Waals surface area contributed by atoms with Crippen LogP contribution in [0.25, 0.3) is 11.0 Å². The van der Waals surface area contributed by atoms with Gasteiger partial charge in [-0.15, -0.1) is 0 Å². The Morgan fingerprint density at radius 2 is 2.06 bits per heavy atom. The first-order valence-corrected chi connectivity index (χ1v) is 11.5. The molecule has 1 aliphatic heterocycles. The van der Waals surface area contributed by atoms with Crippen molar-refractivity contribution in [3.05, 3.63) is 109 Å². The van der Waals surface area contributed by atoms with Crippen molar-refractivity contribution in [1.82, 2.24) is 4.98 Å². The second kappa shape index (κ2) is 8.86. The molecule has 1 atom stereocenters. The second-order valence-electron chi connectivity index (χ2n) is 7.90. The number of amides is 1. The van der Waals surface area contributed by atoms with E-state index in [1.54, 1.807) is 37.3 Å². The molecule has 3 heterocycles. The van der Waals surface area contributed by atoms with Crippen LogP contribution in [0.2, 0.25) is 0 Å². The fourth-order valence-electron chi connectivity index (χ4n) is 4.12. The summed E-state index contributed by atoms with van der Waals surface area (Å²) in [5.74, 6) is -1.46. The molecule has 0 bridgehead atoms. The monoisotopic (exact) mass is 503 g/mol. The van der Waals surface area contributed by atoms with E-state index in [0.29, 0.717) is 11.3 Å². The molecule has 0 saturated carbocycles. The number of fused-ring (bicyclic) bond motifs is 2. The predicted octanol–water partition coefficient (Wildman–Crippen LogP) is 4.56. The van der Waals surface area contributed by atoms with Crippen molar-refractivity contribution < 1.29 is 23.7 Å². The number of nitrogens with zero attached hydrogens (tertiary/aromatic N) is 3. The highest BCUT2D eigenvalue weighted by Gasteiger charge is 2.45. The van der Waals surface area contributed by atoms with Crippen LogP contribution < -0.4 is 10.3 Å². The van der Waals surface area contributed by atoms with Gasteiger partial charge in [0.25, 0.3) is 11.6 Å². The van der Waals surface area contributed by atoms with E-state index in [1.807, 2.05) is 0 Å². The van der Waals surface area contributed by atoms with E-state index in [9.17, 15) is 24.5 Å². The summed E-state index contributed by atoms with van der Waals surface area (Å²) in [7, 11) is 0. The predicted molar refractivity (Wildman–Crippen MR) is 132 cm³/mol. The standard InChI is InChI=1S/C25H17N3O7S/c1-3-11-34-24(31)22-13(2)26-25(36-22)27-19(14-7-6-8-15(12-14)28(32)33)18-20(29)16-9-4-5-10-17(16)35-21(18)23(27)30/h3-10,12,19H,1,11H2,2H3. The summed E-state index contributed by atoms with van der Waals surface area (Å²) < 4.78 is 11.0. The zero-order valence-electron chi connectivity index (χ0n) is 18.8. The Morgan fingerprint density at radius 1 is 1.28 bits per heavy atom. The number of anilines is 1. The highest BCUT2D eigenvalue weighted by molar-refractivity contribution is 7.17. The first-order valence-electron chi connectivity index (χ1n) is 10.7. The van der Waals surface area contributed by atoms with Crippen LogP contribution in [0.5, 0.6) is 0 Å². The number of para-hydroxylation sites is 1. The maximum Gasteiger partial charge on any atom is 0.350 e. The minimum atomic E-state index is -1.06. The Morgan fingerprint density at radius 3 is 2.81 bits per heavy atom. The molecule has 0 spiro atoms. The average molecular weight is 503 g/mol. The molecule has 5 rings (SSSR count). The first-order chi connectivity index (χ1) is 17.3. The lowest BCUT2D eigenvalue weighted by Crippen LogP contribution is -2.29. The smallest absolute Gasteiger partial charge is 0.350 e. The molecule has 10 nitrogen and oxygen atoms in total. The maximum atomic E-state index is 13.7. The summed E-state index contributed by atoms with van der Waals surface area (Å²) >= 11 is 0.916. The van der Waals surface area contributed by atoms with Gasteiger partial charge in [0.1, 0.15) is 17.1 Å². The van der Waals surface area contributed by atoms with Gasteiger partial charge in [0.15, 0.2) is 10.6 Å². The number of hydrogen-bond donors (Lipinski definition) is 0. The molecule has 2 aromatic heterocycles. The zero-order valence-corrected chi connectivity index (χ0v) is 19.6. The molecule has 0 N–H and O–H groups in total. The van der Waals surface area contributed by atoms with Crippen LogP contribution in [-0.4, -0.2) is 28.4 Å². The van der Waals surface area contributed by atoms with E-state index >= 15 is 0 Å². The van der Waals surface area contributed by atoms with Crippen LogP contribution >= 0.6 is 11.3 Å². The van der Waals surface area contributed by atoms with Crippen LogP contribution in [0.1, 0.15) is 43.1 Å². The summed E-state index contributed by atoms with van der Waals surface area (Å²) in [6.07, 6.45) is 1.43. The molecule has 0 fully saturated rings. The Balaban J connectivity index is 1.73. The van der Waals surface area contributed by atoms with Gasteiger partial charge in [0.05, 0.1) is 27.6 Å². The van der Waals surface area contributed by atoms with Crippen LogP contribution in [0.4, 0.5) is 10.8 Å². The van der Waals surface area contributed by atoms with Crippen molar-refractivity contribution in [3.63, 3.8) is 0 Å². The molecule has 0 radical (unpaired) electrons. The lowest BCUT2D eigenvalue weighted by Gasteiger charge is -2.22. The highest BCUT2D eigenvalue weighted by Crippen LogP contribution is 2.43. The number of carbonyl (C=O) groups is 2. The van der Waals surface area contributed by atoms with Crippen molar-refractivity contribution in [2.75, 3.05) is 11.5 Å². The van der Waals surface area contributed by atoms with Crippen molar-refractivity contribution >= 4 is 45.0 Å². The minimum absolute atomic E-state index is 0.000904. The fraction of sp³-hybridized carbons (Fsp3) is 0.120. The molecule has 4 aromatic rings. The molecule has 2 aromatic carbocycles. The summed E-state index contributed by atoms with van der Waals surface area (Å²) in [5.41, 5.74) is 0.291. The van der Waals surface area contributed by atoms with Crippen LogP contribution in [0.15, 0.2) is 70.4 Å². The van der Waals surface area contributed by atoms with E-state index in [0.717, 1.165) is 11.3 Å². The quantitative estimate of drug-likeness (QED) is 0.162. The molecule has 0 aliphatic carbocycles. The zero-order chi connectivity index (χ0) is 25.6. The van der Waals surface area contributed by atoms with Gasteiger partial charge in [-0.2, -0.15) is 0 Å². The SMILES string of the molecule is C=CCOC(=O)c1sc(N2C(=O)c3oc4ccccc4c(=O)c3C2c2cccc([N+](=O)[O-])c2)nc1C. The van der Waals surface area contributed by atoms with Crippen molar-refractivity contribution in [2.24, 2.45) is 0 Å². The van der Waals surface area contributed by atoms with Crippen LogP contribution in [-0.2, 0) is 4.74 Å². The molecule has 1 amide bonds. The minimum Gasteiger partial charge on any atom is -0.457 e. The van der Waals surface area contributed by atoms with E-state index in [1.165, 1.54) is 29.2 Å². The van der Waals surface area contributed by atoms with E-state index < -0.39 is 28.3 Å². The number of ether oxygens (including phenoxy) is 1. The largest absolute Gasteiger partial charge is 0.457 e. The number of rotatable bonds is 6. The number of aryl methyl sites for hydroxylation is 1. The number of benzene rings is 2. The first kappa shape index (κ1) is 23.1. The van der Waals surface area contributed by atoms with Crippen LogP contribution in [0.3, 0.4) is 0 Å². The number of aromatic nitrogens is 1. The molecule has 11 heteroatoms. The highest BCUT2D eigenvalue weighted by atomic mass is 32.1. The molecule has 180 valence electrons. The van der Waals surface area contributed by atoms with Crippen molar-refractivity contribution in [3.8, 4) is 0 Å². The second-order valence-corrected chi connectivity index (χ2v) is 8.88. The van der Waals surface area contributed by atoms with Gasteiger partial charge in [-0.1, -0.05) is 48.3 Å². The van der Waals surface area contributed by atoms with Gasteiger partial charge >= 0.3 is 5.97 Å². The molecular formula is C25H17N3O7S. The van der Waals surface area contributed by atoms with Crippen molar-refractivity contribution in [2.45, 2.75) is 13.0 Å². The third-order valence-corrected chi connectivity index (χ3v) is 6.82. The third-order valence-electron chi connectivity index (χ3n) is 5.68. The Bertz CT molecular complexity index is 1640. The molecule has 0 saturated heterocycles. The lowest BCUT2D eigenvalue weighted by atomic mass is 9.98. The topological polar surface area (TPSA) is 133 Å². The van der Waals surface area contributed by atoms with Gasteiger partial charge in [-0.3, -0.25) is 24.6 Å². The van der Waals surface area contributed by atoms with Crippen LogP contribution in [0, 0.1) is 17.0 Å². The number of non-ortho nitro benzene ring substituents is 1. The summed E-state index contributed by atoms with van der Waals surface area (Å²) in [5, 5.41) is 11.8. The lowest BCUT2D eigenvalue weighted by molar-refractivity contribution is -0.384. The number of hydrogen-bond acceptors (Lipinski definition) is 9. The number of carbonyl (C=O) groups excluding carboxylic acids is 2. The molecular weight excluding hydrogens is 486 g/mol. The summed E-state index contributed by atoms with van der Waals surface area (Å²) in [6, 6.07) is 11.1. The average Bonchev–Trinajstić information content (AvgIpc) is 3.40. The van der Waals surface area contributed by atoms with Gasteiger partial charge in [0, 0.05) is 12.1 Å². The van der Waals surface area contributed by atoms with E-state index in [4.69, 9.17) is 9.15 Å². The van der Waals surface area contributed by atoms with Crippen molar-refractivity contribution in [1.29, 1.82) is 0 Å². The number of thiazole rings is 1. The number of esters is 1. The van der Waals surface area contributed by atoms with Gasteiger partial charge in [-0.05, 0) is 24.6 Å². The number of nitro groups is 1. The van der Waals surface area contributed by atoms with Gasteiger partial charge < -0.3 is 9.15 Å². The molecule has 1 aliphatic rings. The molecule has 36 heavy (non-hydrogen) atoms. The number of nitro benzene ring substituents is 1. The van der Waals surface area contributed by atoms with E-state index in [2.05, 4.69) is 11.6 Å². The normalized spacial score (nSPS) is 14.6. The maximum absolute atomic E-state index is 13.7. The van der Waals surface area contributed by atoms with Gasteiger partial charge in [-0.25, -0.2) is 9.78 Å². The Kier molecular flexibility index (Phi) is 5.69.